The van der Waals surface area contributed by atoms with Crippen LogP contribution in [-0.2, 0) is 9.53 Å². The van der Waals surface area contributed by atoms with Crippen molar-refractivity contribution in [2.45, 2.75) is 6.42 Å². The van der Waals surface area contributed by atoms with E-state index in [-0.39, 0.29) is 6.42 Å². The zero-order valence-electron chi connectivity index (χ0n) is 8.28. The molecule has 0 aliphatic rings. The van der Waals surface area contributed by atoms with Crippen LogP contribution >= 0.6 is 0 Å². The van der Waals surface area contributed by atoms with Gasteiger partial charge in [-0.15, -0.1) is 0 Å². The molecule has 0 amide bonds. The maximum atomic E-state index is 10.8. The normalized spacial score (nSPS) is 8.87. The number of nitrogens with two attached hydrogens (primary N) is 2. The molecule has 0 saturated carbocycles. The molecular weight excluding hydrogens is 194 g/mol. The van der Waals surface area contributed by atoms with Crippen molar-refractivity contribution in [1.29, 1.82) is 0 Å². The van der Waals surface area contributed by atoms with Gasteiger partial charge in [-0.2, -0.15) is 0 Å². The quantitative estimate of drug-likeness (QED) is 0.503. The SMILES string of the molecule is COC(=O)CC#Cc1cncc(N)c1N. The van der Waals surface area contributed by atoms with Crippen LogP contribution in [0, 0.1) is 11.8 Å². The van der Waals surface area contributed by atoms with Gasteiger partial charge in [-0.25, -0.2) is 0 Å². The minimum Gasteiger partial charge on any atom is -0.468 e. The van der Waals surface area contributed by atoms with E-state index in [1.54, 1.807) is 0 Å². The Kier molecular flexibility index (Phi) is 3.52. The minimum absolute atomic E-state index is 0.0186. The zero-order valence-corrected chi connectivity index (χ0v) is 8.28. The number of hydrogen-bond acceptors (Lipinski definition) is 5. The number of aromatic nitrogens is 1. The molecule has 0 saturated heterocycles. The smallest absolute Gasteiger partial charge is 0.317 e. The average molecular weight is 205 g/mol. The largest absolute Gasteiger partial charge is 0.468 e. The first kappa shape index (κ1) is 10.9. The summed E-state index contributed by atoms with van der Waals surface area (Å²) in [5.41, 5.74) is 12.4. The molecule has 0 spiro atoms. The van der Waals surface area contributed by atoms with Crippen molar-refractivity contribution >= 4 is 17.3 Å². The third-order valence-electron chi connectivity index (χ3n) is 1.70. The molecule has 0 radical (unpaired) electrons. The second-order valence-corrected chi connectivity index (χ2v) is 2.74. The molecule has 1 rings (SSSR count). The van der Waals surface area contributed by atoms with E-state index in [1.165, 1.54) is 19.5 Å². The number of carbonyl (C=O) groups is 1. The summed E-state index contributed by atoms with van der Waals surface area (Å²) in [4.78, 5) is 14.6. The Hall–Kier alpha value is -2.22. The van der Waals surface area contributed by atoms with Gasteiger partial charge in [0, 0.05) is 6.20 Å². The Morgan fingerprint density at radius 3 is 2.93 bits per heavy atom. The number of nitrogen functional groups attached to an aromatic ring is 2. The van der Waals surface area contributed by atoms with Crippen LogP contribution in [0.5, 0.6) is 0 Å². The first-order chi connectivity index (χ1) is 7.15. The van der Waals surface area contributed by atoms with Crippen molar-refractivity contribution in [1.82, 2.24) is 4.98 Å². The van der Waals surface area contributed by atoms with Crippen molar-refractivity contribution in [3.05, 3.63) is 18.0 Å². The molecule has 5 heteroatoms. The second-order valence-electron chi connectivity index (χ2n) is 2.74. The highest BCUT2D eigenvalue weighted by atomic mass is 16.5. The number of esters is 1. The van der Waals surface area contributed by atoms with Gasteiger partial charge in [0.1, 0.15) is 6.42 Å². The molecule has 0 aromatic carbocycles. The van der Waals surface area contributed by atoms with Gasteiger partial charge in [-0.3, -0.25) is 9.78 Å². The average Bonchev–Trinajstić information content (AvgIpc) is 2.24. The third kappa shape index (κ3) is 2.88. The molecule has 1 aromatic heterocycles. The van der Waals surface area contributed by atoms with Crippen molar-refractivity contribution in [2.75, 3.05) is 18.6 Å². The van der Waals surface area contributed by atoms with Crippen LogP contribution in [0.25, 0.3) is 0 Å². The monoisotopic (exact) mass is 205 g/mol. The van der Waals surface area contributed by atoms with Gasteiger partial charge >= 0.3 is 5.97 Å². The highest BCUT2D eigenvalue weighted by Crippen LogP contribution is 2.16. The van der Waals surface area contributed by atoms with Gasteiger partial charge in [-0.05, 0) is 0 Å². The van der Waals surface area contributed by atoms with Crippen LogP contribution in [-0.4, -0.2) is 18.1 Å². The summed E-state index contributed by atoms with van der Waals surface area (Å²) in [6.07, 6.45) is 2.96. The molecule has 4 N–H and O–H groups in total. The molecule has 1 aromatic rings. The van der Waals surface area contributed by atoms with E-state index < -0.39 is 5.97 Å². The molecule has 0 bridgehead atoms. The van der Waals surface area contributed by atoms with Gasteiger partial charge in [-0.1, -0.05) is 11.8 Å². The lowest BCUT2D eigenvalue weighted by Crippen LogP contribution is -1.99. The van der Waals surface area contributed by atoms with Crippen molar-refractivity contribution in [2.24, 2.45) is 0 Å². The number of ether oxygens (including phenoxy) is 1. The van der Waals surface area contributed by atoms with Crippen molar-refractivity contribution in [3.63, 3.8) is 0 Å². The Labute approximate surface area is 87.4 Å². The van der Waals surface area contributed by atoms with Crippen LogP contribution in [0.1, 0.15) is 12.0 Å². The van der Waals surface area contributed by atoms with E-state index in [9.17, 15) is 4.79 Å². The van der Waals surface area contributed by atoms with Gasteiger partial charge in [0.15, 0.2) is 0 Å². The molecule has 0 aliphatic heterocycles. The summed E-state index contributed by atoms with van der Waals surface area (Å²) in [5, 5.41) is 0. The lowest BCUT2D eigenvalue weighted by Gasteiger charge is -1.99. The molecule has 78 valence electrons. The maximum Gasteiger partial charge on any atom is 0.317 e. The summed E-state index contributed by atoms with van der Waals surface area (Å²) in [6.45, 7) is 0. The number of pyridine rings is 1. The first-order valence-corrected chi connectivity index (χ1v) is 4.19. The zero-order chi connectivity index (χ0) is 11.3. The van der Waals surface area contributed by atoms with Gasteiger partial charge in [0.25, 0.3) is 0 Å². The van der Waals surface area contributed by atoms with Crippen molar-refractivity contribution in [3.8, 4) is 11.8 Å². The van der Waals surface area contributed by atoms with Gasteiger partial charge in [0.05, 0.1) is 30.2 Å². The highest BCUT2D eigenvalue weighted by molar-refractivity contribution is 5.74. The standard InChI is InChI=1S/C10H11N3O2/c1-15-9(14)4-2-3-7-5-13-6-8(11)10(7)12/h5-6H,4,11H2,1H3,(H2,12,13). The van der Waals surface area contributed by atoms with E-state index in [2.05, 4.69) is 21.6 Å². The fourth-order valence-electron chi connectivity index (χ4n) is 0.870. The van der Waals surface area contributed by atoms with E-state index >= 15 is 0 Å². The molecular formula is C10H11N3O2. The van der Waals surface area contributed by atoms with Crippen molar-refractivity contribution < 1.29 is 9.53 Å². The summed E-state index contributed by atoms with van der Waals surface area (Å²) in [6, 6.07) is 0. The first-order valence-electron chi connectivity index (χ1n) is 4.19. The lowest BCUT2D eigenvalue weighted by atomic mass is 10.2. The van der Waals surface area contributed by atoms with Crippen LogP contribution in [0.3, 0.4) is 0 Å². The molecule has 0 fully saturated rings. The predicted octanol–water partition coefficient (Wildman–Crippen LogP) is 0.161. The van der Waals surface area contributed by atoms with Gasteiger partial charge in [0.2, 0.25) is 0 Å². The van der Waals surface area contributed by atoms with Crippen LogP contribution in [0.15, 0.2) is 12.4 Å². The van der Waals surface area contributed by atoms with Gasteiger partial charge < -0.3 is 16.2 Å². The molecule has 0 unspecified atom stereocenters. The summed E-state index contributed by atoms with van der Waals surface area (Å²) >= 11 is 0. The molecule has 5 nitrogen and oxygen atoms in total. The molecule has 0 aliphatic carbocycles. The van der Waals surface area contributed by atoms with E-state index in [1.807, 2.05) is 0 Å². The Balaban J connectivity index is 2.80. The maximum absolute atomic E-state index is 10.8. The fraction of sp³-hybridized carbons (Fsp3) is 0.200. The number of anilines is 2. The lowest BCUT2D eigenvalue weighted by molar-refractivity contribution is -0.139. The summed E-state index contributed by atoms with van der Waals surface area (Å²) in [5.74, 6) is 4.93. The third-order valence-corrected chi connectivity index (χ3v) is 1.70. The molecule has 1 heterocycles. The summed E-state index contributed by atoms with van der Waals surface area (Å²) in [7, 11) is 1.31. The number of methoxy groups -OCH3 is 1. The molecule has 15 heavy (non-hydrogen) atoms. The van der Waals surface area contributed by atoms with E-state index in [0.717, 1.165) is 0 Å². The Morgan fingerprint density at radius 2 is 2.27 bits per heavy atom. The molecule has 0 atom stereocenters. The van der Waals surface area contributed by atoms with E-state index in [0.29, 0.717) is 16.9 Å². The number of carbonyl (C=O) groups excluding carboxylic acids is 1. The van der Waals surface area contributed by atoms with Crippen LogP contribution in [0.4, 0.5) is 11.4 Å². The number of nitrogens with zero attached hydrogens (tertiary/aromatic N) is 1. The topological polar surface area (TPSA) is 91.2 Å². The fourth-order valence-corrected chi connectivity index (χ4v) is 0.870. The number of hydrogen-bond donors (Lipinski definition) is 2. The second kappa shape index (κ2) is 4.86. The minimum atomic E-state index is -0.391. The Bertz CT molecular complexity index is 432. The number of rotatable bonds is 1. The van der Waals surface area contributed by atoms with Crippen LogP contribution < -0.4 is 11.5 Å². The predicted molar refractivity (Wildman–Crippen MR) is 56.6 cm³/mol. The Morgan fingerprint density at radius 1 is 1.53 bits per heavy atom. The highest BCUT2D eigenvalue weighted by Gasteiger charge is 1.99. The van der Waals surface area contributed by atoms with Crippen LogP contribution in [0.2, 0.25) is 0 Å². The van der Waals surface area contributed by atoms with E-state index in [4.69, 9.17) is 11.5 Å². The summed E-state index contributed by atoms with van der Waals surface area (Å²) < 4.78 is 4.43.